The second-order valence-corrected chi connectivity index (χ2v) is 4.06. The lowest BCUT2D eigenvalue weighted by Gasteiger charge is -2.06. The largest absolute Gasteiger partial charge is 0.446 e. The topological polar surface area (TPSA) is 22.1 Å². The molecule has 0 N–H and O–H groups in total. The van der Waals surface area contributed by atoms with Gasteiger partial charge in [-0.1, -0.05) is 43.1 Å². The van der Waals surface area contributed by atoms with Crippen LogP contribution in [0.1, 0.15) is 0 Å². The van der Waals surface area contributed by atoms with Crippen molar-refractivity contribution in [3.63, 3.8) is 0 Å². The van der Waals surface area contributed by atoms with Gasteiger partial charge in [0.15, 0.2) is 0 Å². The van der Waals surface area contributed by atoms with Crippen LogP contribution in [0.2, 0.25) is 0 Å². The monoisotopic (exact) mass is 229 g/mol. The molecule has 0 aliphatic carbocycles. The standard InChI is InChI=1S/C13H11NOS/c1-3-15-13-12(16-4-2)9-10-7-5-6-8-11(10)14-13/h3-9H,1-2H2. The van der Waals surface area contributed by atoms with Gasteiger partial charge in [-0.05, 0) is 17.5 Å². The zero-order valence-corrected chi connectivity index (χ0v) is 9.54. The summed E-state index contributed by atoms with van der Waals surface area (Å²) in [5, 5.41) is 2.84. The summed E-state index contributed by atoms with van der Waals surface area (Å²) in [4.78, 5) is 5.36. The fourth-order valence-electron chi connectivity index (χ4n) is 1.42. The number of fused-ring (bicyclic) bond motifs is 1. The van der Waals surface area contributed by atoms with Gasteiger partial charge >= 0.3 is 0 Å². The Morgan fingerprint density at radius 2 is 2.06 bits per heavy atom. The molecule has 0 aliphatic heterocycles. The summed E-state index contributed by atoms with van der Waals surface area (Å²) in [6, 6.07) is 9.95. The van der Waals surface area contributed by atoms with Crippen LogP contribution in [0.5, 0.6) is 5.88 Å². The Labute approximate surface area is 98.6 Å². The van der Waals surface area contributed by atoms with Gasteiger partial charge in [0.05, 0.1) is 16.7 Å². The molecular formula is C13H11NOS. The highest BCUT2D eigenvalue weighted by molar-refractivity contribution is 8.02. The summed E-state index contributed by atoms with van der Waals surface area (Å²) in [6.45, 7) is 7.23. The van der Waals surface area contributed by atoms with E-state index in [1.54, 1.807) is 5.41 Å². The molecule has 0 amide bonds. The Bertz CT molecular complexity index is 488. The molecule has 3 heteroatoms. The van der Waals surface area contributed by atoms with Gasteiger partial charge in [-0.3, -0.25) is 0 Å². The number of pyridine rings is 1. The molecular weight excluding hydrogens is 218 g/mol. The third kappa shape index (κ3) is 2.09. The zero-order chi connectivity index (χ0) is 11.4. The number of rotatable bonds is 4. The fourth-order valence-corrected chi connectivity index (χ4v) is 1.99. The van der Waals surface area contributed by atoms with Crippen molar-refractivity contribution in [3.05, 3.63) is 55.2 Å². The summed E-state index contributed by atoms with van der Waals surface area (Å²) in [5.74, 6) is 0.568. The number of ether oxygens (including phenoxy) is 1. The van der Waals surface area contributed by atoms with Crippen LogP contribution in [0.3, 0.4) is 0 Å². The highest BCUT2D eigenvalue weighted by Crippen LogP contribution is 2.31. The first-order valence-electron chi connectivity index (χ1n) is 4.80. The number of aromatic nitrogens is 1. The average Bonchev–Trinajstić information content (AvgIpc) is 2.30. The second kappa shape index (κ2) is 4.86. The van der Waals surface area contributed by atoms with Crippen molar-refractivity contribution < 1.29 is 4.74 Å². The van der Waals surface area contributed by atoms with Crippen molar-refractivity contribution in [1.29, 1.82) is 0 Å². The quantitative estimate of drug-likeness (QED) is 0.584. The van der Waals surface area contributed by atoms with E-state index in [1.807, 2.05) is 30.3 Å². The van der Waals surface area contributed by atoms with Crippen molar-refractivity contribution in [2.24, 2.45) is 0 Å². The van der Waals surface area contributed by atoms with Crippen molar-refractivity contribution in [2.75, 3.05) is 0 Å². The van der Waals surface area contributed by atoms with Gasteiger partial charge in [0.2, 0.25) is 5.88 Å². The van der Waals surface area contributed by atoms with Crippen LogP contribution in [0.25, 0.3) is 10.9 Å². The van der Waals surface area contributed by atoms with E-state index in [2.05, 4.69) is 18.1 Å². The lowest BCUT2D eigenvalue weighted by atomic mass is 10.2. The number of thioether (sulfide) groups is 1. The maximum atomic E-state index is 5.28. The van der Waals surface area contributed by atoms with E-state index in [-0.39, 0.29) is 0 Å². The van der Waals surface area contributed by atoms with Crippen LogP contribution >= 0.6 is 11.8 Å². The molecule has 0 aliphatic rings. The van der Waals surface area contributed by atoms with Gasteiger partial charge in [-0.15, -0.1) is 0 Å². The number of hydrogen-bond donors (Lipinski definition) is 0. The van der Waals surface area contributed by atoms with Crippen molar-refractivity contribution in [3.8, 4) is 5.88 Å². The molecule has 0 atom stereocenters. The minimum atomic E-state index is 0.568. The molecule has 0 radical (unpaired) electrons. The van der Waals surface area contributed by atoms with Crippen molar-refractivity contribution >= 4 is 22.7 Å². The molecule has 2 aromatic rings. The molecule has 0 unspecified atom stereocenters. The average molecular weight is 229 g/mol. The van der Waals surface area contributed by atoms with E-state index in [0.29, 0.717) is 5.88 Å². The number of nitrogens with zero attached hydrogens (tertiary/aromatic N) is 1. The molecule has 1 heterocycles. The Morgan fingerprint density at radius 1 is 1.25 bits per heavy atom. The molecule has 2 nitrogen and oxygen atoms in total. The predicted octanol–water partition coefficient (Wildman–Crippen LogP) is 3.99. The van der Waals surface area contributed by atoms with Crippen LogP contribution in [0, 0.1) is 0 Å². The minimum Gasteiger partial charge on any atom is -0.446 e. The van der Waals surface area contributed by atoms with Crippen LogP contribution in [0.15, 0.2) is 60.1 Å². The number of para-hydroxylation sites is 1. The second-order valence-electron chi connectivity index (χ2n) is 3.05. The lowest BCUT2D eigenvalue weighted by Crippen LogP contribution is -1.89. The third-order valence-corrected chi connectivity index (χ3v) is 2.77. The highest BCUT2D eigenvalue weighted by atomic mass is 32.2. The number of hydrogen-bond acceptors (Lipinski definition) is 3. The Morgan fingerprint density at radius 3 is 2.81 bits per heavy atom. The van der Waals surface area contributed by atoms with Gasteiger partial charge in [0.25, 0.3) is 0 Å². The summed E-state index contributed by atoms with van der Waals surface area (Å²) < 4.78 is 5.28. The Kier molecular flexibility index (Phi) is 3.27. The first-order chi connectivity index (χ1) is 7.85. The molecule has 0 spiro atoms. The number of benzene rings is 1. The van der Waals surface area contributed by atoms with Crippen molar-refractivity contribution in [1.82, 2.24) is 4.98 Å². The third-order valence-electron chi connectivity index (χ3n) is 2.06. The van der Waals surface area contributed by atoms with Crippen molar-refractivity contribution in [2.45, 2.75) is 4.90 Å². The fraction of sp³-hybridized carbons (Fsp3) is 0. The van der Waals surface area contributed by atoms with E-state index >= 15 is 0 Å². The van der Waals surface area contributed by atoms with Gasteiger partial charge in [0.1, 0.15) is 0 Å². The summed E-state index contributed by atoms with van der Waals surface area (Å²) >= 11 is 1.49. The molecule has 80 valence electrons. The van der Waals surface area contributed by atoms with E-state index in [4.69, 9.17) is 4.74 Å². The molecule has 1 aromatic heterocycles. The van der Waals surface area contributed by atoms with Gasteiger partial charge in [-0.2, -0.15) is 0 Å². The molecule has 2 rings (SSSR count). The molecule has 0 saturated heterocycles. The smallest absolute Gasteiger partial charge is 0.233 e. The predicted molar refractivity (Wildman–Crippen MR) is 68.6 cm³/mol. The summed E-state index contributed by atoms with van der Waals surface area (Å²) in [5.41, 5.74) is 0.910. The normalized spacial score (nSPS) is 10.0. The maximum absolute atomic E-state index is 5.28. The Hall–Kier alpha value is -1.74. The zero-order valence-electron chi connectivity index (χ0n) is 8.72. The van der Waals surface area contributed by atoms with Crippen LogP contribution in [-0.2, 0) is 0 Å². The van der Waals surface area contributed by atoms with Gasteiger partial charge < -0.3 is 4.74 Å². The molecule has 1 aromatic carbocycles. The molecule has 0 fully saturated rings. The van der Waals surface area contributed by atoms with E-state index in [0.717, 1.165) is 15.8 Å². The molecule has 16 heavy (non-hydrogen) atoms. The van der Waals surface area contributed by atoms with Crippen LogP contribution in [-0.4, -0.2) is 4.98 Å². The SMILES string of the molecule is C=COc1nc2ccccc2cc1SC=C. The first-order valence-corrected chi connectivity index (χ1v) is 5.68. The minimum absolute atomic E-state index is 0.568. The highest BCUT2D eigenvalue weighted by Gasteiger charge is 2.06. The van der Waals surface area contributed by atoms with Gasteiger partial charge in [0, 0.05) is 5.39 Å². The first kappa shape index (κ1) is 10.8. The summed E-state index contributed by atoms with van der Waals surface area (Å²) in [6.07, 6.45) is 1.38. The molecule has 0 bridgehead atoms. The Balaban J connectivity index is 2.60. The van der Waals surface area contributed by atoms with E-state index < -0.39 is 0 Å². The maximum Gasteiger partial charge on any atom is 0.233 e. The molecule has 0 saturated carbocycles. The van der Waals surface area contributed by atoms with Gasteiger partial charge in [-0.25, -0.2) is 4.98 Å². The van der Waals surface area contributed by atoms with Crippen LogP contribution < -0.4 is 4.74 Å². The van der Waals surface area contributed by atoms with E-state index in [9.17, 15) is 0 Å². The summed E-state index contributed by atoms with van der Waals surface area (Å²) in [7, 11) is 0. The van der Waals surface area contributed by atoms with E-state index in [1.165, 1.54) is 18.0 Å². The van der Waals surface area contributed by atoms with Crippen LogP contribution in [0.4, 0.5) is 0 Å². The lowest BCUT2D eigenvalue weighted by molar-refractivity contribution is 0.453.